The molecule has 19 heavy (non-hydrogen) atoms. The molecule has 0 fully saturated rings. The number of hydrogen-bond acceptors (Lipinski definition) is 3. The Morgan fingerprint density at radius 1 is 1.37 bits per heavy atom. The fourth-order valence-electron chi connectivity index (χ4n) is 1.60. The standard InChI is InChI=1S/C13H16Cl2O3S/c1-3-4-5-12(13(16)18-2)19(17)9-6-7-10(14)11(15)8-9/h6-8,12H,3-5H2,1-2H3. The van der Waals surface area contributed by atoms with Crippen LogP contribution in [-0.2, 0) is 20.3 Å². The van der Waals surface area contributed by atoms with Gasteiger partial charge in [-0.3, -0.25) is 9.00 Å². The number of hydrogen-bond donors (Lipinski definition) is 0. The molecule has 0 bridgehead atoms. The van der Waals surface area contributed by atoms with E-state index in [1.165, 1.54) is 13.2 Å². The first-order chi connectivity index (χ1) is 9.01. The van der Waals surface area contributed by atoms with E-state index in [2.05, 4.69) is 0 Å². The van der Waals surface area contributed by atoms with Crippen LogP contribution in [0.25, 0.3) is 0 Å². The minimum absolute atomic E-state index is 0.326. The lowest BCUT2D eigenvalue weighted by atomic mass is 10.2. The lowest BCUT2D eigenvalue weighted by Gasteiger charge is -2.14. The van der Waals surface area contributed by atoms with Crippen LogP contribution in [0, 0.1) is 0 Å². The average Bonchev–Trinajstić information content (AvgIpc) is 2.41. The van der Waals surface area contributed by atoms with E-state index in [0.29, 0.717) is 21.4 Å². The number of methoxy groups -OCH3 is 1. The topological polar surface area (TPSA) is 43.4 Å². The summed E-state index contributed by atoms with van der Waals surface area (Å²) < 4.78 is 17.1. The van der Waals surface area contributed by atoms with Gasteiger partial charge in [0.25, 0.3) is 0 Å². The van der Waals surface area contributed by atoms with Crippen LogP contribution in [0.3, 0.4) is 0 Å². The minimum Gasteiger partial charge on any atom is -0.468 e. The van der Waals surface area contributed by atoms with Crippen molar-refractivity contribution in [3.05, 3.63) is 28.2 Å². The molecule has 0 N–H and O–H groups in total. The summed E-state index contributed by atoms with van der Waals surface area (Å²) >= 11 is 11.7. The third-order valence-electron chi connectivity index (χ3n) is 2.67. The summed E-state index contributed by atoms with van der Waals surface area (Å²) in [5, 5.41) is 0.0550. The van der Waals surface area contributed by atoms with Gasteiger partial charge in [0, 0.05) is 4.90 Å². The molecular weight excluding hydrogens is 307 g/mol. The highest BCUT2D eigenvalue weighted by Gasteiger charge is 2.27. The number of carbonyl (C=O) groups excluding carboxylic acids is 1. The summed E-state index contributed by atoms with van der Waals surface area (Å²) in [5.74, 6) is -0.460. The average molecular weight is 323 g/mol. The number of benzene rings is 1. The van der Waals surface area contributed by atoms with Gasteiger partial charge in [0.15, 0.2) is 0 Å². The van der Waals surface area contributed by atoms with E-state index in [4.69, 9.17) is 27.9 Å². The Hall–Kier alpha value is -0.580. The zero-order valence-corrected chi connectivity index (χ0v) is 13.1. The van der Waals surface area contributed by atoms with Crippen LogP contribution >= 0.6 is 23.2 Å². The molecular formula is C13H16Cl2O3S. The molecule has 0 aliphatic heterocycles. The molecule has 2 atom stereocenters. The Morgan fingerprint density at radius 3 is 2.58 bits per heavy atom. The fourth-order valence-corrected chi connectivity index (χ4v) is 3.38. The molecule has 1 aromatic carbocycles. The van der Waals surface area contributed by atoms with Crippen molar-refractivity contribution in [2.24, 2.45) is 0 Å². The Kier molecular flexibility index (Phi) is 6.83. The third kappa shape index (κ3) is 4.48. The van der Waals surface area contributed by atoms with Crippen LogP contribution in [0.15, 0.2) is 23.1 Å². The molecule has 1 aromatic rings. The van der Waals surface area contributed by atoms with Gasteiger partial charge in [-0.05, 0) is 24.6 Å². The Morgan fingerprint density at radius 2 is 2.05 bits per heavy atom. The number of rotatable bonds is 6. The molecule has 0 amide bonds. The van der Waals surface area contributed by atoms with Crippen molar-refractivity contribution in [3.8, 4) is 0 Å². The van der Waals surface area contributed by atoms with Crippen molar-refractivity contribution in [2.75, 3.05) is 7.11 Å². The molecule has 106 valence electrons. The number of unbranched alkanes of at least 4 members (excludes halogenated alkanes) is 1. The second-order valence-corrected chi connectivity index (χ2v) is 6.48. The van der Waals surface area contributed by atoms with Gasteiger partial charge in [0.2, 0.25) is 0 Å². The van der Waals surface area contributed by atoms with Gasteiger partial charge in [-0.1, -0.05) is 43.0 Å². The van der Waals surface area contributed by atoms with E-state index in [1.54, 1.807) is 12.1 Å². The van der Waals surface area contributed by atoms with Crippen molar-refractivity contribution < 1.29 is 13.7 Å². The molecule has 1 rings (SSSR count). The molecule has 6 heteroatoms. The predicted octanol–water partition coefficient (Wildman–Crippen LogP) is 3.83. The Labute approximate surface area is 125 Å². The summed E-state index contributed by atoms with van der Waals surface area (Å²) in [6.45, 7) is 2.01. The largest absolute Gasteiger partial charge is 0.468 e. The van der Waals surface area contributed by atoms with Crippen molar-refractivity contribution in [1.82, 2.24) is 0 Å². The molecule has 0 heterocycles. The highest BCUT2D eigenvalue weighted by molar-refractivity contribution is 7.86. The van der Waals surface area contributed by atoms with Gasteiger partial charge in [0.05, 0.1) is 28.0 Å². The van der Waals surface area contributed by atoms with Crippen LogP contribution in [0.4, 0.5) is 0 Å². The first-order valence-corrected chi connectivity index (χ1v) is 7.91. The summed E-state index contributed by atoms with van der Waals surface area (Å²) in [5.41, 5.74) is 0. The van der Waals surface area contributed by atoms with Crippen LogP contribution in [-0.4, -0.2) is 22.5 Å². The number of carbonyl (C=O) groups is 1. The lowest BCUT2D eigenvalue weighted by molar-refractivity contribution is -0.140. The van der Waals surface area contributed by atoms with Crippen LogP contribution < -0.4 is 0 Å². The maximum atomic E-state index is 12.4. The number of ether oxygens (including phenoxy) is 1. The van der Waals surface area contributed by atoms with Gasteiger partial charge in [-0.15, -0.1) is 0 Å². The zero-order chi connectivity index (χ0) is 14.4. The lowest BCUT2D eigenvalue weighted by Crippen LogP contribution is -2.27. The van der Waals surface area contributed by atoms with E-state index in [0.717, 1.165) is 12.8 Å². The van der Waals surface area contributed by atoms with Crippen LogP contribution in [0.1, 0.15) is 26.2 Å². The summed E-state index contributed by atoms with van der Waals surface area (Å²) in [6.07, 6.45) is 2.26. The summed E-state index contributed by atoms with van der Waals surface area (Å²) in [4.78, 5) is 12.2. The van der Waals surface area contributed by atoms with E-state index < -0.39 is 22.0 Å². The van der Waals surface area contributed by atoms with E-state index in [-0.39, 0.29) is 0 Å². The molecule has 0 spiro atoms. The quantitative estimate of drug-likeness (QED) is 0.747. The third-order valence-corrected chi connectivity index (χ3v) is 5.07. The summed E-state index contributed by atoms with van der Waals surface area (Å²) in [7, 11) is -0.190. The second-order valence-electron chi connectivity index (χ2n) is 4.03. The normalized spacial score (nSPS) is 13.9. The first-order valence-electron chi connectivity index (χ1n) is 5.94. The number of esters is 1. The summed E-state index contributed by atoms with van der Waals surface area (Å²) in [6, 6.07) is 4.72. The molecule has 0 saturated heterocycles. The molecule has 0 aliphatic rings. The SMILES string of the molecule is CCCCC(C(=O)OC)S(=O)c1ccc(Cl)c(Cl)c1. The molecule has 3 nitrogen and oxygen atoms in total. The molecule has 0 aromatic heterocycles. The monoisotopic (exact) mass is 322 g/mol. The van der Waals surface area contributed by atoms with Crippen molar-refractivity contribution >= 4 is 40.0 Å². The highest BCUT2D eigenvalue weighted by atomic mass is 35.5. The van der Waals surface area contributed by atoms with E-state index >= 15 is 0 Å². The molecule has 0 radical (unpaired) electrons. The molecule has 0 aliphatic carbocycles. The number of halogens is 2. The van der Waals surface area contributed by atoms with Gasteiger partial charge in [-0.2, -0.15) is 0 Å². The maximum Gasteiger partial charge on any atom is 0.321 e. The second kappa shape index (κ2) is 7.88. The highest BCUT2D eigenvalue weighted by Crippen LogP contribution is 2.26. The minimum atomic E-state index is -1.49. The van der Waals surface area contributed by atoms with Gasteiger partial charge in [-0.25, -0.2) is 0 Å². The molecule has 2 unspecified atom stereocenters. The van der Waals surface area contributed by atoms with Gasteiger partial charge < -0.3 is 4.74 Å². The zero-order valence-electron chi connectivity index (χ0n) is 10.8. The fraction of sp³-hybridized carbons (Fsp3) is 0.462. The van der Waals surface area contributed by atoms with Crippen LogP contribution in [0.5, 0.6) is 0 Å². The van der Waals surface area contributed by atoms with Crippen molar-refractivity contribution in [1.29, 1.82) is 0 Å². The Balaban J connectivity index is 2.97. The van der Waals surface area contributed by atoms with Gasteiger partial charge in [0.1, 0.15) is 5.25 Å². The predicted molar refractivity (Wildman–Crippen MR) is 78.2 cm³/mol. The first kappa shape index (κ1) is 16.5. The van der Waals surface area contributed by atoms with Crippen LogP contribution in [0.2, 0.25) is 10.0 Å². The molecule has 0 saturated carbocycles. The van der Waals surface area contributed by atoms with E-state index in [9.17, 15) is 9.00 Å². The smallest absolute Gasteiger partial charge is 0.321 e. The van der Waals surface area contributed by atoms with E-state index in [1.807, 2.05) is 6.92 Å². The van der Waals surface area contributed by atoms with Crippen molar-refractivity contribution in [3.63, 3.8) is 0 Å². The van der Waals surface area contributed by atoms with Crippen molar-refractivity contribution in [2.45, 2.75) is 36.3 Å². The Bertz CT molecular complexity index is 477. The van der Waals surface area contributed by atoms with Gasteiger partial charge >= 0.3 is 5.97 Å². The maximum absolute atomic E-state index is 12.4.